The third kappa shape index (κ3) is 3.70. The summed E-state index contributed by atoms with van der Waals surface area (Å²) in [5, 5.41) is 2.86. The molecule has 0 bridgehead atoms. The van der Waals surface area contributed by atoms with Crippen LogP contribution in [0.2, 0.25) is 0 Å². The summed E-state index contributed by atoms with van der Waals surface area (Å²) in [5.41, 5.74) is 1.99. The van der Waals surface area contributed by atoms with Gasteiger partial charge in [-0.25, -0.2) is 4.39 Å². The van der Waals surface area contributed by atoms with Crippen molar-refractivity contribution in [2.45, 2.75) is 26.2 Å². The summed E-state index contributed by atoms with van der Waals surface area (Å²) in [7, 11) is 0. The van der Waals surface area contributed by atoms with Gasteiger partial charge in [-0.3, -0.25) is 4.79 Å². The number of halogens is 2. The Balaban J connectivity index is 2.30. The van der Waals surface area contributed by atoms with Crippen molar-refractivity contribution in [3.63, 3.8) is 0 Å². The second-order valence-corrected chi connectivity index (χ2v) is 6.73. The van der Waals surface area contributed by atoms with E-state index >= 15 is 0 Å². The van der Waals surface area contributed by atoms with Gasteiger partial charge in [0.15, 0.2) is 0 Å². The summed E-state index contributed by atoms with van der Waals surface area (Å²) in [6.07, 6.45) is 0. The van der Waals surface area contributed by atoms with Crippen LogP contribution in [0.5, 0.6) is 0 Å². The van der Waals surface area contributed by atoms with E-state index in [1.807, 2.05) is 24.3 Å². The van der Waals surface area contributed by atoms with Crippen LogP contribution in [0.15, 0.2) is 46.9 Å². The molecule has 0 saturated heterocycles. The fraction of sp³-hybridized carbons (Fsp3) is 0.235. The molecular formula is C17H17BrFNO. The number of rotatable bonds is 2. The number of carbonyl (C=O) groups is 1. The first-order valence-corrected chi connectivity index (χ1v) is 7.44. The van der Waals surface area contributed by atoms with E-state index in [0.717, 1.165) is 11.3 Å². The highest BCUT2D eigenvalue weighted by Gasteiger charge is 2.19. The van der Waals surface area contributed by atoms with E-state index in [1.54, 1.807) is 6.07 Å². The molecule has 110 valence electrons. The topological polar surface area (TPSA) is 29.1 Å². The molecule has 0 saturated carbocycles. The first-order valence-electron chi connectivity index (χ1n) is 6.65. The Kier molecular flexibility index (Phi) is 4.47. The van der Waals surface area contributed by atoms with E-state index in [4.69, 9.17) is 0 Å². The summed E-state index contributed by atoms with van der Waals surface area (Å²) in [5.74, 6) is -0.773. The van der Waals surface area contributed by atoms with Gasteiger partial charge >= 0.3 is 0 Å². The summed E-state index contributed by atoms with van der Waals surface area (Å²) in [4.78, 5) is 12.3. The smallest absolute Gasteiger partial charge is 0.255 e. The molecule has 0 aliphatic heterocycles. The minimum Gasteiger partial charge on any atom is -0.322 e. The van der Waals surface area contributed by atoms with Crippen molar-refractivity contribution >= 4 is 27.5 Å². The van der Waals surface area contributed by atoms with E-state index in [0.29, 0.717) is 10.0 Å². The quantitative estimate of drug-likeness (QED) is 0.799. The molecular weight excluding hydrogens is 333 g/mol. The maximum atomic E-state index is 13.5. The summed E-state index contributed by atoms with van der Waals surface area (Å²) in [6.45, 7) is 6.24. The van der Waals surface area contributed by atoms with Crippen LogP contribution < -0.4 is 5.32 Å². The zero-order valence-corrected chi connectivity index (χ0v) is 13.8. The van der Waals surface area contributed by atoms with Gasteiger partial charge in [0.25, 0.3) is 5.91 Å². The number of amides is 1. The molecule has 0 heterocycles. The lowest BCUT2D eigenvalue weighted by Crippen LogP contribution is -2.18. The highest BCUT2D eigenvalue weighted by Crippen LogP contribution is 2.29. The predicted molar refractivity (Wildman–Crippen MR) is 87.2 cm³/mol. The fourth-order valence-electron chi connectivity index (χ4n) is 2.08. The molecule has 0 fully saturated rings. The average molecular weight is 350 g/mol. The van der Waals surface area contributed by atoms with Crippen molar-refractivity contribution in [2.24, 2.45) is 0 Å². The van der Waals surface area contributed by atoms with Gasteiger partial charge < -0.3 is 5.32 Å². The maximum absolute atomic E-state index is 13.5. The Labute approximate surface area is 132 Å². The molecule has 2 aromatic carbocycles. The van der Waals surface area contributed by atoms with Gasteiger partial charge in [0.05, 0.1) is 4.47 Å². The molecule has 0 radical (unpaired) electrons. The molecule has 0 atom stereocenters. The molecule has 0 aliphatic rings. The molecule has 0 aliphatic carbocycles. The van der Waals surface area contributed by atoms with Gasteiger partial charge in [0, 0.05) is 11.3 Å². The summed E-state index contributed by atoms with van der Waals surface area (Å²) in [6, 6.07) is 12.0. The highest BCUT2D eigenvalue weighted by atomic mass is 79.9. The molecule has 0 unspecified atom stereocenters. The number of para-hydroxylation sites is 1. The second-order valence-electron chi connectivity index (χ2n) is 5.88. The van der Waals surface area contributed by atoms with E-state index in [2.05, 4.69) is 42.0 Å². The SMILES string of the molecule is CC(C)(C)c1ccccc1NC(=O)c1ccc(Br)c(F)c1. The van der Waals surface area contributed by atoms with Gasteiger partial charge in [0.2, 0.25) is 0 Å². The van der Waals surface area contributed by atoms with Gasteiger partial charge in [-0.15, -0.1) is 0 Å². The van der Waals surface area contributed by atoms with Crippen molar-refractivity contribution in [1.29, 1.82) is 0 Å². The highest BCUT2D eigenvalue weighted by molar-refractivity contribution is 9.10. The van der Waals surface area contributed by atoms with Crippen LogP contribution >= 0.6 is 15.9 Å². The van der Waals surface area contributed by atoms with Crippen LogP contribution in [0.3, 0.4) is 0 Å². The number of anilines is 1. The van der Waals surface area contributed by atoms with Crippen molar-refractivity contribution in [3.8, 4) is 0 Å². The first kappa shape index (κ1) is 15.7. The number of benzene rings is 2. The van der Waals surface area contributed by atoms with Crippen LogP contribution in [0, 0.1) is 5.82 Å². The standard InChI is InChI=1S/C17H17BrFNO/c1-17(2,3)12-6-4-5-7-15(12)20-16(21)11-8-9-13(18)14(19)10-11/h4-10H,1-3H3,(H,20,21). The summed E-state index contributed by atoms with van der Waals surface area (Å²) < 4.78 is 13.9. The van der Waals surface area contributed by atoms with Crippen LogP contribution in [0.25, 0.3) is 0 Å². The Bertz CT molecular complexity index is 677. The molecule has 1 N–H and O–H groups in total. The molecule has 21 heavy (non-hydrogen) atoms. The number of carbonyl (C=O) groups excluding carboxylic acids is 1. The number of hydrogen-bond acceptors (Lipinski definition) is 1. The van der Waals surface area contributed by atoms with Crippen molar-refractivity contribution < 1.29 is 9.18 Å². The third-order valence-electron chi connectivity index (χ3n) is 3.17. The van der Waals surface area contributed by atoms with Crippen LogP contribution in [-0.2, 0) is 5.41 Å². The molecule has 0 spiro atoms. The van der Waals surface area contributed by atoms with Crippen molar-refractivity contribution in [3.05, 3.63) is 63.9 Å². The van der Waals surface area contributed by atoms with E-state index in [-0.39, 0.29) is 11.3 Å². The zero-order chi connectivity index (χ0) is 15.6. The Morgan fingerprint density at radius 2 is 1.81 bits per heavy atom. The number of nitrogens with one attached hydrogen (secondary N) is 1. The largest absolute Gasteiger partial charge is 0.322 e. The lowest BCUT2D eigenvalue weighted by Gasteiger charge is -2.23. The zero-order valence-electron chi connectivity index (χ0n) is 12.2. The minimum atomic E-state index is -0.452. The lowest BCUT2D eigenvalue weighted by molar-refractivity contribution is 0.102. The molecule has 1 amide bonds. The van der Waals surface area contributed by atoms with Gasteiger partial charge in [0.1, 0.15) is 5.82 Å². The fourth-order valence-corrected chi connectivity index (χ4v) is 2.32. The van der Waals surface area contributed by atoms with E-state index in [1.165, 1.54) is 12.1 Å². The Hall–Kier alpha value is -1.68. The van der Waals surface area contributed by atoms with Gasteiger partial charge in [-0.1, -0.05) is 39.0 Å². The molecule has 2 nitrogen and oxygen atoms in total. The van der Waals surface area contributed by atoms with Gasteiger partial charge in [-0.05, 0) is 51.2 Å². The molecule has 0 aromatic heterocycles. The Morgan fingerprint density at radius 3 is 2.43 bits per heavy atom. The van der Waals surface area contributed by atoms with E-state index in [9.17, 15) is 9.18 Å². The van der Waals surface area contributed by atoms with Crippen molar-refractivity contribution in [1.82, 2.24) is 0 Å². The lowest BCUT2D eigenvalue weighted by atomic mass is 9.86. The molecule has 4 heteroatoms. The number of hydrogen-bond donors (Lipinski definition) is 1. The summed E-state index contributed by atoms with van der Waals surface area (Å²) >= 11 is 3.08. The Morgan fingerprint density at radius 1 is 1.14 bits per heavy atom. The minimum absolute atomic E-state index is 0.0885. The second kappa shape index (κ2) is 5.98. The molecule has 2 aromatic rings. The molecule has 2 rings (SSSR count). The average Bonchev–Trinajstić information content (AvgIpc) is 2.41. The maximum Gasteiger partial charge on any atom is 0.255 e. The normalized spacial score (nSPS) is 11.3. The monoisotopic (exact) mass is 349 g/mol. The van der Waals surface area contributed by atoms with Crippen LogP contribution in [0.1, 0.15) is 36.7 Å². The van der Waals surface area contributed by atoms with Crippen LogP contribution in [0.4, 0.5) is 10.1 Å². The van der Waals surface area contributed by atoms with Crippen molar-refractivity contribution in [2.75, 3.05) is 5.32 Å². The predicted octanol–water partition coefficient (Wildman–Crippen LogP) is 5.14. The third-order valence-corrected chi connectivity index (χ3v) is 3.81. The van der Waals surface area contributed by atoms with E-state index < -0.39 is 5.82 Å². The van der Waals surface area contributed by atoms with Crippen LogP contribution in [-0.4, -0.2) is 5.91 Å². The van der Waals surface area contributed by atoms with Gasteiger partial charge in [-0.2, -0.15) is 0 Å². The first-order chi connectivity index (χ1) is 9.79.